The van der Waals surface area contributed by atoms with E-state index in [0.29, 0.717) is 6.42 Å². The third-order valence-corrected chi connectivity index (χ3v) is 8.18. The van der Waals surface area contributed by atoms with Crippen LogP contribution in [0.15, 0.2) is 65.3 Å². The highest BCUT2D eigenvalue weighted by atomic mass is 16.5. The molecule has 1 aromatic heterocycles. The van der Waals surface area contributed by atoms with Gasteiger partial charge < -0.3 is 13.9 Å². The molecule has 2 aromatic carbocycles. The first-order chi connectivity index (χ1) is 20.2. The highest BCUT2D eigenvalue weighted by molar-refractivity contribution is 5.84. The van der Waals surface area contributed by atoms with Crippen LogP contribution in [0.3, 0.4) is 0 Å². The summed E-state index contributed by atoms with van der Waals surface area (Å²) in [5.74, 6) is 1.76. The quantitative estimate of drug-likeness (QED) is 0.102. The lowest BCUT2D eigenvalue weighted by molar-refractivity contribution is -0.121. The number of ketones is 1. The van der Waals surface area contributed by atoms with Gasteiger partial charge in [-0.15, -0.1) is 0 Å². The second-order valence-electron chi connectivity index (χ2n) is 11.6. The molecule has 4 heteroatoms. The number of fused-ring (bicyclic) bond motifs is 1. The molecule has 226 valence electrons. The normalized spacial score (nSPS) is 12.9. The Morgan fingerprint density at radius 3 is 2.15 bits per heavy atom. The monoisotopic (exact) mass is 562 g/mol. The lowest BCUT2D eigenvalue weighted by Crippen LogP contribution is -2.18. The van der Waals surface area contributed by atoms with Gasteiger partial charge in [-0.05, 0) is 74.1 Å². The lowest BCUT2D eigenvalue weighted by atomic mass is 9.96. The van der Waals surface area contributed by atoms with Crippen LogP contribution in [0.5, 0.6) is 5.75 Å². The lowest BCUT2D eigenvalue weighted by Gasteiger charge is -2.19. The van der Waals surface area contributed by atoms with Crippen molar-refractivity contribution in [2.75, 3.05) is 13.2 Å². The predicted molar refractivity (Wildman–Crippen MR) is 171 cm³/mol. The molecule has 3 aromatic rings. The molecule has 0 bridgehead atoms. The van der Waals surface area contributed by atoms with Crippen molar-refractivity contribution in [1.29, 1.82) is 0 Å². The second-order valence-corrected chi connectivity index (χ2v) is 11.6. The summed E-state index contributed by atoms with van der Waals surface area (Å²) in [7, 11) is 0. The van der Waals surface area contributed by atoms with Gasteiger partial charge in [-0.3, -0.25) is 4.79 Å². The molecule has 3 rings (SSSR count). The van der Waals surface area contributed by atoms with Crippen molar-refractivity contribution in [1.82, 2.24) is 0 Å². The van der Waals surface area contributed by atoms with Crippen molar-refractivity contribution >= 4 is 16.6 Å². The maximum absolute atomic E-state index is 12.8. The van der Waals surface area contributed by atoms with E-state index in [1.165, 1.54) is 68.6 Å². The zero-order chi connectivity index (χ0) is 29.0. The number of Topliss-reactive ketones (excluding diaryl/α,β-unsaturated/α-hetero) is 1. The smallest absolute Gasteiger partial charge is 0.143 e. The van der Waals surface area contributed by atoms with Crippen LogP contribution in [0.4, 0.5) is 0 Å². The number of carbonyl (C=O) groups excluding carboxylic acids is 1. The van der Waals surface area contributed by atoms with Crippen LogP contribution < -0.4 is 4.74 Å². The molecule has 0 amide bonds. The van der Waals surface area contributed by atoms with Gasteiger partial charge in [-0.25, -0.2) is 0 Å². The maximum atomic E-state index is 12.8. The summed E-state index contributed by atoms with van der Waals surface area (Å²) in [5.41, 5.74) is 0. The van der Waals surface area contributed by atoms with Gasteiger partial charge in [0, 0.05) is 13.0 Å². The molecule has 0 N–H and O–H groups in total. The van der Waals surface area contributed by atoms with Crippen LogP contribution >= 0.6 is 0 Å². The van der Waals surface area contributed by atoms with Gasteiger partial charge in [0.15, 0.2) is 0 Å². The van der Waals surface area contributed by atoms with Crippen LogP contribution in [0.25, 0.3) is 10.8 Å². The fraction of sp³-hybridized carbons (Fsp3) is 0.595. The van der Waals surface area contributed by atoms with Crippen LogP contribution in [-0.2, 0) is 9.53 Å². The summed E-state index contributed by atoms with van der Waals surface area (Å²) in [4.78, 5) is 12.8. The number of hydrogen-bond acceptors (Lipinski definition) is 4. The number of benzene rings is 2. The molecule has 0 aliphatic heterocycles. The number of unbranched alkanes of at least 4 members (excludes halogenated alkanes) is 11. The van der Waals surface area contributed by atoms with E-state index in [9.17, 15) is 4.79 Å². The summed E-state index contributed by atoms with van der Waals surface area (Å²) in [6.45, 7) is 5.74. The Morgan fingerprint density at radius 2 is 1.41 bits per heavy atom. The molecule has 4 nitrogen and oxygen atoms in total. The summed E-state index contributed by atoms with van der Waals surface area (Å²) >= 11 is 0. The van der Waals surface area contributed by atoms with Crippen LogP contribution in [0, 0.1) is 0 Å². The number of rotatable bonds is 24. The van der Waals surface area contributed by atoms with Crippen molar-refractivity contribution in [3.63, 3.8) is 0 Å². The molecule has 0 radical (unpaired) electrons. The Kier molecular flexibility index (Phi) is 16.3. The highest BCUT2D eigenvalue weighted by Gasteiger charge is 2.19. The van der Waals surface area contributed by atoms with Crippen molar-refractivity contribution in [3.8, 4) is 5.75 Å². The minimum Gasteiger partial charge on any atom is -0.494 e. The summed E-state index contributed by atoms with van der Waals surface area (Å²) in [6, 6.07) is 18.4. The zero-order valence-electron chi connectivity index (χ0n) is 25.8. The van der Waals surface area contributed by atoms with Gasteiger partial charge in [-0.1, -0.05) is 101 Å². The molecule has 0 aliphatic rings. The maximum Gasteiger partial charge on any atom is 0.143 e. The van der Waals surface area contributed by atoms with E-state index in [1.807, 2.05) is 19.1 Å². The molecule has 0 fully saturated rings. The Morgan fingerprint density at radius 1 is 0.732 bits per heavy atom. The van der Waals surface area contributed by atoms with E-state index in [-0.39, 0.29) is 17.8 Å². The van der Waals surface area contributed by atoms with Crippen molar-refractivity contribution in [2.45, 2.75) is 129 Å². The van der Waals surface area contributed by atoms with E-state index in [0.717, 1.165) is 63.2 Å². The predicted octanol–water partition coefficient (Wildman–Crippen LogP) is 10.8. The topological polar surface area (TPSA) is 48.7 Å². The molecule has 0 aliphatic carbocycles. The fourth-order valence-corrected chi connectivity index (χ4v) is 5.46. The molecule has 0 saturated heterocycles. The van der Waals surface area contributed by atoms with E-state index < -0.39 is 0 Å². The number of carbonyl (C=O) groups is 1. The van der Waals surface area contributed by atoms with Gasteiger partial charge in [-0.2, -0.15) is 0 Å². The molecule has 0 spiro atoms. The average molecular weight is 563 g/mol. The minimum absolute atomic E-state index is 0.170. The van der Waals surface area contributed by atoms with Crippen LogP contribution in [-0.4, -0.2) is 25.1 Å². The third-order valence-electron chi connectivity index (χ3n) is 8.18. The Hall–Kier alpha value is -2.59. The molecule has 0 saturated carbocycles. The Balaban J connectivity index is 1.29. The fourth-order valence-electron chi connectivity index (χ4n) is 5.46. The van der Waals surface area contributed by atoms with E-state index in [1.54, 1.807) is 6.26 Å². The van der Waals surface area contributed by atoms with Gasteiger partial charge in [0.1, 0.15) is 17.3 Å². The molecule has 2 atom stereocenters. The van der Waals surface area contributed by atoms with Crippen molar-refractivity contribution in [3.05, 3.63) is 66.6 Å². The van der Waals surface area contributed by atoms with Gasteiger partial charge in [0.25, 0.3) is 0 Å². The standard InChI is InChI=1S/C37H54O4/c1-3-4-5-6-7-8-9-10-13-21-34(25-26-36(38)31(2)37-22-18-29-41-37)39-27-16-11-12-17-28-40-35-24-23-32-19-14-15-20-33(32)30-35/h14-15,18-20,22-24,29-31,34H,3-13,16-17,21,25-28H2,1-2H3. The Labute approximate surface area is 249 Å². The van der Waals surface area contributed by atoms with Crippen molar-refractivity contribution in [2.24, 2.45) is 0 Å². The van der Waals surface area contributed by atoms with Gasteiger partial charge in [0.2, 0.25) is 0 Å². The Bertz CT molecular complexity index is 1070. The largest absolute Gasteiger partial charge is 0.494 e. The highest BCUT2D eigenvalue weighted by Crippen LogP contribution is 2.23. The molecule has 2 unspecified atom stereocenters. The van der Waals surface area contributed by atoms with Gasteiger partial charge >= 0.3 is 0 Å². The minimum atomic E-state index is -0.185. The van der Waals surface area contributed by atoms with Crippen molar-refractivity contribution < 1.29 is 18.7 Å². The molecular weight excluding hydrogens is 508 g/mol. The summed E-state index contributed by atoms with van der Waals surface area (Å²) in [5, 5.41) is 2.46. The summed E-state index contributed by atoms with van der Waals surface area (Å²) < 4.78 is 17.8. The zero-order valence-corrected chi connectivity index (χ0v) is 25.8. The first kappa shape index (κ1) is 32.9. The molecular formula is C37H54O4. The molecule has 41 heavy (non-hydrogen) atoms. The third kappa shape index (κ3) is 13.3. The number of ether oxygens (including phenoxy) is 2. The van der Waals surface area contributed by atoms with Crippen LogP contribution in [0.1, 0.15) is 128 Å². The first-order valence-corrected chi connectivity index (χ1v) is 16.5. The van der Waals surface area contributed by atoms with E-state index >= 15 is 0 Å². The van der Waals surface area contributed by atoms with E-state index in [2.05, 4.69) is 49.4 Å². The average Bonchev–Trinajstić information content (AvgIpc) is 3.54. The number of furan rings is 1. The van der Waals surface area contributed by atoms with Crippen LogP contribution in [0.2, 0.25) is 0 Å². The first-order valence-electron chi connectivity index (χ1n) is 16.5. The molecule has 1 heterocycles. The van der Waals surface area contributed by atoms with Gasteiger partial charge in [0.05, 0.1) is 24.9 Å². The SMILES string of the molecule is CCCCCCCCCCCC(CCC(=O)C(C)c1ccco1)OCCCCCCOc1ccc2ccccc2c1. The number of hydrogen-bond donors (Lipinski definition) is 0. The van der Waals surface area contributed by atoms with E-state index in [4.69, 9.17) is 13.9 Å². The second kappa shape index (κ2) is 20.3. The summed E-state index contributed by atoms with van der Waals surface area (Å²) in [6.07, 6.45) is 20.5.